The molecular formula is C17H27NO2. The van der Waals surface area contributed by atoms with Crippen LogP contribution in [-0.2, 0) is 15.6 Å². The van der Waals surface area contributed by atoms with Crippen LogP contribution in [0.5, 0.6) is 0 Å². The molecule has 1 aromatic carbocycles. The molecule has 0 radical (unpaired) electrons. The van der Waals surface area contributed by atoms with Crippen molar-refractivity contribution in [3.63, 3.8) is 0 Å². The molecule has 0 spiro atoms. The van der Waals surface area contributed by atoms with Gasteiger partial charge in [-0.15, -0.1) is 0 Å². The number of nitrogens with two attached hydrogens (primary N) is 1. The summed E-state index contributed by atoms with van der Waals surface area (Å²) in [5.74, 6) is -0.288. The molecule has 1 rings (SSSR count). The second-order valence-corrected chi connectivity index (χ2v) is 7.21. The summed E-state index contributed by atoms with van der Waals surface area (Å²) in [6.45, 7) is 14.8. The lowest BCUT2D eigenvalue weighted by Crippen LogP contribution is -2.22. The number of nitrogen functional groups attached to an aromatic ring is 1. The van der Waals surface area contributed by atoms with E-state index in [4.69, 9.17) is 10.5 Å². The van der Waals surface area contributed by atoms with Crippen molar-refractivity contribution in [3.8, 4) is 0 Å². The van der Waals surface area contributed by atoms with Crippen LogP contribution in [-0.4, -0.2) is 12.6 Å². The van der Waals surface area contributed by atoms with Crippen molar-refractivity contribution in [2.45, 2.75) is 59.3 Å². The van der Waals surface area contributed by atoms with Crippen molar-refractivity contribution in [3.05, 3.63) is 28.8 Å². The molecule has 0 saturated carbocycles. The van der Waals surface area contributed by atoms with Crippen LogP contribution in [0.1, 0.15) is 70.0 Å². The fourth-order valence-corrected chi connectivity index (χ4v) is 2.23. The highest BCUT2D eigenvalue weighted by Crippen LogP contribution is 2.37. The normalized spacial score (nSPS) is 12.3. The highest BCUT2D eigenvalue weighted by molar-refractivity contribution is 5.91. The molecule has 0 aliphatic rings. The van der Waals surface area contributed by atoms with Gasteiger partial charge in [-0.25, -0.2) is 4.79 Å². The Kier molecular flexibility index (Phi) is 4.52. The third-order valence-electron chi connectivity index (χ3n) is 3.31. The quantitative estimate of drug-likeness (QED) is 0.655. The van der Waals surface area contributed by atoms with Gasteiger partial charge in [0.05, 0.1) is 12.2 Å². The molecule has 0 aliphatic carbocycles. The number of carbonyl (C=O) groups is 1. The Balaban J connectivity index is 3.55. The lowest BCUT2D eigenvalue weighted by atomic mass is 9.78. The summed E-state index contributed by atoms with van der Waals surface area (Å²) in [7, 11) is 0. The van der Waals surface area contributed by atoms with Crippen LogP contribution in [0.25, 0.3) is 0 Å². The van der Waals surface area contributed by atoms with Crippen molar-refractivity contribution in [2.24, 2.45) is 0 Å². The molecule has 0 unspecified atom stereocenters. The summed E-state index contributed by atoms with van der Waals surface area (Å²) in [4.78, 5) is 12.1. The molecule has 0 atom stereocenters. The zero-order chi connectivity index (χ0) is 15.7. The number of carbonyl (C=O) groups excluding carboxylic acids is 1. The Hall–Kier alpha value is -1.51. The molecule has 0 fully saturated rings. The smallest absolute Gasteiger partial charge is 0.338 e. The van der Waals surface area contributed by atoms with Crippen molar-refractivity contribution < 1.29 is 9.53 Å². The van der Waals surface area contributed by atoms with Crippen LogP contribution in [0.3, 0.4) is 0 Å². The summed E-state index contributed by atoms with van der Waals surface area (Å²) in [6, 6.07) is 3.73. The van der Waals surface area contributed by atoms with E-state index in [0.717, 1.165) is 16.8 Å². The second kappa shape index (κ2) is 5.47. The van der Waals surface area contributed by atoms with Crippen LogP contribution in [0, 0.1) is 0 Å². The molecule has 2 N–H and O–H groups in total. The molecule has 0 saturated heterocycles. The standard InChI is InChI=1S/C17H27NO2/c1-8-20-15(19)11-9-12(16(2,3)4)14(18)13(10-11)17(5,6)7/h9-10H,8,18H2,1-7H3. The van der Waals surface area contributed by atoms with E-state index in [1.165, 1.54) is 0 Å². The third-order valence-corrected chi connectivity index (χ3v) is 3.31. The summed E-state index contributed by atoms with van der Waals surface area (Å²) in [6.07, 6.45) is 0. The number of hydrogen-bond acceptors (Lipinski definition) is 3. The molecule has 0 aliphatic heterocycles. The molecule has 3 heteroatoms. The van der Waals surface area contributed by atoms with E-state index >= 15 is 0 Å². The van der Waals surface area contributed by atoms with Crippen LogP contribution >= 0.6 is 0 Å². The van der Waals surface area contributed by atoms with E-state index in [2.05, 4.69) is 41.5 Å². The second-order valence-electron chi connectivity index (χ2n) is 7.21. The number of anilines is 1. The molecular weight excluding hydrogens is 250 g/mol. The number of esters is 1. The van der Waals surface area contributed by atoms with Crippen LogP contribution in [0.15, 0.2) is 12.1 Å². The average molecular weight is 277 g/mol. The molecule has 0 bridgehead atoms. The third kappa shape index (κ3) is 3.53. The minimum absolute atomic E-state index is 0.118. The molecule has 0 aromatic heterocycles. The highest BCUT2D eigenvalue weighted by atomic mass is 16.5. The molecule has 3 nitrogen and oxygen atoms in total. The first-order chi connectivity index (χ1) is 8.98. The van der Waals surface area contributed by atoms with E-state index < -0.39 is 0 Å². The first-order valence-corrected chi connectivity index (χ1v) is 7.10. The lowest BCUT2D eigenvalue weighted by Gasteiger charge is -2.29. The largest absolute Gasteiger partial charge is 0.462 e. The zero-order valence-electron chi connectivity index (χ0n) is 13.8. The van der Waals surface area contributed by atoms with Gasteiger partial charge in [0.1, 0.15) is 0 Å². The van der Waals surface area contributed by atoms with Gasteiger partial charge < -0.3 is 10.5 Å². The average Bonchev–Trinajstić information content (AvgIpc) is 2.26. The van der Waals surface area contributed by atoms with Gasteiger partial charge in [-0.3, -0.25) is 0 Å². The summed E-state index contributed by atoms with van der Waals surface area (Å²) < 4.78 is 5.12. The Morgan fingerprint density at radius 1 is 1.05 bits per heavy atom. The Bertz CT molecular complexity index is 470. The predicted octanol–water partition coefficient (Wildman–Crippen LogP) is 4.04. The van der Waals surface area contributed by atoms with E-state index in [1.54, 1.807) is 0 Å². The summed E-state index contributed by atoms with van der Waals surface area (Å²) in [5, 5.41) is 0. The maximum Gasteiger partial charge on any atom is 0.338 e. The fourth-order valence-electron chi connectivity index (χ4n) is 2.23. The Morgan fingerprint density at radius 2 is 1.45 bits per heavy atom. The molecule has 1 aromatic rings. The topological polar surface area (TPSA) is 52.3 Å². The molecule has 112 valence electrons. The van der Waals surface area contributed by atoms with E-state index in [9.17, 15) is 4.79 Å². The van der Waals surface area contributed by atoms with Gasteiger partial charge in [0.15, 0.2) is 0 Å². The van der Waals surface area contributed by atoms with Crippen molar-refractivity contribution >= 4 is 11.7 Å². The molecule has 20 heavy (non-hydrogen) atoms. The van der Waals surface area contributed by atoms with E-state index in [-0.39, 0.29) is 16.8 Å². The van der Waals surface area contributed by atoms with Gasteiger partial charge >= 0.3 is 5.97 Å². The van der Waals surface area contributed by atoms with Gasteiger partial charge in [0.2, 0.25) is 0 Å². The number of ether oxygens (including phenoxy) is 1. The minimum atomic E-state index is -0.288. The molecule has 0 amide bonds. The number of rotatable bonds is 2. The van der Waals surface area contributed by atoms with Crippen LogP contribution in [0.2, 0.25) is 0 Å². The zero-order valence-corrected chi connectivity index (χ0v) is 13.8. The van der Waals surface area contributed by atoms with Crippen molar-refractivity contribution in [2.75, 3.05) is 12.3 Å². The highest BCUT2D eigenvalue weighted by Gasteiger charge is 2.26. The Labute approximate surface area is 122 Å². The SMILES string of the molecule is CCOC(=O)c1cc(C(C)(C)C)c(N)c(C(C)(C)C)c1. The van der Waals surface area contributed by atoms with Gasteiger partial charge in [0, 0.05) is 5.69 Å². The Morgan fingerprint density at radius 3 is 1.75 bits per heavy atom. The van der Waals surface area contributed by atoms with Crippen LogP contribution < -0.4 is 5.73 Å². The number of benzene rings is 1. The summed E-state index contributed by atoms with van der Waals surface area (Å²) in [5.41, 5.74) is 9.45. The fraction of sp³-hybridized carbons (Fsp3) is 0.588. The minimum Gasteiger partial charge on any atom is -0.462 e. The van der Waals surface area contributed by atoms with Gasteiger partial charge in [0.25, 0.3) is 0 Å². The maximum atomic E-state index is 12.1. The first kappa shape index (κ1) is 16.5. The van der Waals surface area contributed by atoms with E-state index in [0.29, 0.717) is 12.2 Å². The van der Waals surface area contributed by atoms with Gasteiger partial charge in [-0.1, -0.05) is 41.5 Å². The summed E-state index contributed by atoms with van der Waals surface area (Å²) >= 11 is 0. The monoisotopic (exact) mass is 277 g/mol. The first-order valence-electron chi connectivity index (χ1n) is 7.10. The van der Waals surface area contributed by atoms with Crippen LogP contribution in [0.4, 0.5) is 5.69 Å². The number of hydrogen-bond donors (Lipinski definition) is 1. The molecule has 0 heterocycles. The lowest BCUT2D eigenvalue weighted by molar-refractivity contribution is 0.0526. The van der Waals surface area contributed by atoms with E-state index in [1.807, 2.05) is 19.1 Å². The van der Waals surface area contributed by atoms with Crippen molar-refractivity contribution in [1.29, 1.82) is 0 Å². The maximum absolute atomic E-state index is 12.1. The van der Waals surface area contributed by atoms with Gasteiger partial charge in [-0.2, -0.15) is 0 Å². The van der Waals surface area contributed by atoms with Gasteiger partial charge in [-0.05, 0) is 41.0 Å². The predicted molar refractivity (Wildman–Crippen MR) is 84.2 cm³/mol. The van der Waals surface area contributed by atoms with Crippen molar-refractivity contribution in [1.82, 2.24) is 0 Å².